The molecule has 1 spiro atoms. The van der Waals surface area contributed by atoms with Crippen molar-refractivity contribution >= 4 is 0 Å². The number of aliphatic hydroxyl groups is 1. The molecule has 0 heterocycles. The first kappa shape index (κ1) is 11.1. The van der Waals surface area contributed by atoms with Gasteiger partial charge in [0.15, 0.2) is 0 Å². The lowest BCUT2D eigenvalue weighted by atomic mass is 9.40. The second-order valence-corrected chi connectivity index (χ2v) is 8.01. The van der Waals surface area contributed by atoms with Crippen molar-refractivity contribution in [1.29, 1.82) is 0 Å². The first-order valence-electron chi connectivity index (χ1n) is 6.99. The van der Waals surface area contributed by atoms with E-state index in [2.05, 4.69) is 27.7 Å². The Morgan fingerprint density at radius 1 is 1.12 bits per heavy atom. The van der Waals surface area contributed by atoms with E-state index in [0.29, 0.717) is 16.7 Å². The fourth-order valence-corrected chi connectivity index (χ4v) is 5.56. The van der Waals surface area contributed by atoms with Gasteiger partial charge in [-0.15, -0.1) is 0 Å². The highest BCUT2D eigenvalue weighted by atomic mass is 16.3. The largest absolute Gasteiger partial charge is 0.390 e. The molecule has 0 unspecified atom stereocenters. The van der Waals surface area contributed by atoms with E-state index >= 15 is 0 Å². The van der Waals surface area contributed by atoms with Crippen molar-refractivity contribution in [2.45, 2.75) is 65.4 Å². The van der Waals surface area contributed by atoms with Gasteiger partial charge in [-0.05, 0) is 67.6 Å². The van der Waals surface area contributed by atoms with Gasteiger partial charge >= 0.3 is 0 Å². The van der Waals surface area contributed by atoms with Crippen molar-refractivity contribution in [3.63, 3.8) is 0 Å². The summed E-state index contributed by atoms with van der Waals surface area (Å²) in [4.78, 5) is 0. The molecule has 3 aliphatic rings. The summed E-state index contributed by atoms with van der Waals surface area (Å²) in [6.45, 7) is 9.31. The summed E-state index contributed by atoms with van der Waals surface area (Å²) in [5.41, 5.74) is 0.625. The van der Waals surface area contributed by atoms with Gasteiger partial charge in [-0.25, -0.2) is 0 Å². The van der Waals surface area contributed by atoms with Gasteiger partial charge in [0.25, 0.3) is 0 Å². The van der Waals surface area contributed by atoms with Gasteiger partial charge in [-0.1, -0.05) is 20.8 Å². The first-order chi connectivity index (χ1) is 7.27. The molecule has 0 aromatic heterocycles. The van der Waals surface area contributed by atoms with Gasteiger partial charge in [0, 0.05) is 0 Å². The van der Waals surface area contributed by atoms with Gasteiger partial charge in [0.1, 0.15) is 0 Å². The summed E-state index contributed by atoms with van der Waals surface area (Å²) >= 11 is 0. The average molecular weight is 222 g/mol. The van der Waals surface area contributed by atoms with Crippen LogP contribution in [0.4, 0.5) is 0 Å². The van der Waals surface area contributed by atoms with E-state index in [-0.39, 0.29) is 5.60 Å². The highest BCUT2D eigenvalue weighted by Crippen LogP contribution is 2.72. The normalized spacial score (nSPS) is 58.7. The van der Waals surface area contributed by atoms with Crippen LogP contribution in [0.5, 0.6) is 0 Å². The van der Waals surface area contributed by atoms with Crippen LogP contribution in [0, 0.1) is 28.6 Å². The van der Waals surface area contributed by atoms with Crippen LogP contribution in [0.2, 0.25) is 0 Å². The lowest BCUT2D eigenvalue weighted by molar-refractivity contribution is -0.237. The monoisotopic (exact) mass is 222 g/mol. The molecule has 16 heavy (non-hydrogen) atoms. The minimum Gasteiger partial charge on any atom is -0.390 e. The fraction of sp³-hybridized carbons (Fsp3) is 1.00. The summed E-state index contributed by atoms with van der Waals surface area (Å²) in [5, 5.41) is 10.5. The lowest BCUT2D eigenvalue weighted by Gasteiger charge is -2.66. The van der Waals surface area contributed by atoms with E-state index in [1.54, 1.807) is 0 Å². The molecule has 0 aliphatic heterocycles. The van der Waals surface area contributed by atoms with E-state index in [0.717, 1.165) is 18.3 Å². The summed E-state index contributed by atoms with van der Waals surface area (Å²) in [5.74, 6) is 2.36. The Hall–Kier alpha value is -0.0400. The Morgan fingerprint density at radius 2 is 1.81 bits per heavy atom. The van der Waals surface area contributed by atoms with Crippen molar-refractivity contribution in [1.82, 2.24) is 0 Å². The SMILES string of the molecule is C[C@@H]1CC[C@@]23C[C@](C)(O)[C@@H]2CC(C)(C)C[C@@H]13. The molecular weight excluding hydrogens is 196 g/mol. The van der Waals surface area contributed by atoms with Crippen LogP contribution in [0.3, 0.4) is 0 Å². The molecule has 0 aromatic rings. The van der Waals surface area contributed by atoms with Gasteiger partial charge in [0.2, 0.25) is 0 Å². The molecule has 1 nitrogen and oxygen atoms in total. The smallest absolute Gasteiger partial charge is 0.0658 e. The standard InChI is InChI=1S/C15H26O/c1-10-5-6-15-9-14(4,16)12(15)8-13(2,3)7-11(10)15/h10-12,16H,5-9H2,1-4H3/t10-,11+,12+,14+,15+/m1/s1. The van der Waals surface area contributed by atoms with Crippen molar-refractivity contribution in [3.05, 3.63) is 0 Å². The van der Waals surface area contributed by atoms with E-state index in [9.17, 15) is 5.11 Å². The minimum atomic E-state index is -0.361. The van der Waals surface area contributed by atoms with Crippen molar-refractivity contribution < 1.29 is 5.11 Å². The third-order valence-corrected chi connectivity index (χ3v) is 6.15. The summed E-state index contributed by atoms with van der Waals surface area (Å²) in [6.07, 6.45) is 6.49. The van der Waals surface area contributed by atoms with Gasteiger partial charge in [-0.2, -0.15) is 0 Å². The van der Waals surface area contributed by atoms with Gasteiger partial charge in [0.05, 0.1) is 5.60 Å². The lowest BCUT2D eigenvalue weighted by Crippen LogP contribution is -2.65. The highest BCUT2D eigenvalue weighted by molar-refractivity contribution is 5.18. The zero-order valence-corrected chi connectivity index (χ0v) is 11.2. The first-order valence-corrected chi connectivity index (χ1v) is 6.99. The van der Waals surface area contributed by atoms with E-state index in [1.807, 2.05) is 0 Å². The molecule has 5 atom stereocenters. The van der Waals surface area contributed by atoms with Crippen LogP contribution in [-0.4, -0.2) is 10.7 Å². The van der Waals surface area contributed by atoms with Crippen molar-refractivity contribution in [2.24, 2.45) is 28.6 Å². The van der Waals surface area contributed by atoms with Gasteiger partial charge in [-0.3, -0.25) is 0 Å². The van der Waals surface area contributed by atoms with Crippen LogP contribution < -0.4 is 0 Å². The number of rotatable bonds is 0. The Balaban J connectivity index is 1.96. The van der Waals surface area contributed by atoms with Gasteiger partial charge < -0.3 is 5.11 Å². The Morgan fingerprint density at radius 3 is 2.44 bits per heavy atom. The summed E-state index contributed by atoms with van der Waals surface area (Å²) < 4.78 is 0. The second-order valence-electron chi connectivity index (χ2n) is 8.01. The molecule has 3 aliphatic carbocycles. The molecule has 1 N–H and O–H groups in total. The quantitative estimate of drug-likeness (QED) is 0.664. The van der Waals surface area contributed by atoms with E-state index < -0.39 is 0 Å². The van der Waals surface area contributed by atoms with Crippen molar-refractivity contribution in [3.8, 4) is 0 Å². The summed E-state index contributed by atoms with van der Waals surface area (Å²) in [6, 6.07) is 0. The van der Waals surface area contributed by atoms with Crippen LogP contribution in [-0.2, 0) is 0 Å². The van der Waals surface area contributed by atoms with Crippen LogP contribution in [0.25, 0.3) is 0 Å². The average Bonchev–Trinajstić information content (AvgIpc) is 2.44. The third-order valence-electron chi connectivity index (χ3n) is 6.15. The maximum atomic E-state index is 10.5. The second kappa shape index (κ2) is 2.85. The minimum absolute atomic E-state index is 0.361. The van der Waals surface area contributed by atoms with Crippen LogP contribution >= 0.6 is 0 Å². The fourth-order valence-electron chi connectivity index (χ4n) is 5.56. The molecule has 0 amide bonds. The molecule has 3 fully saturated rings. The maximum Gasteiger partial charge on any atom is 0.0658 e. The number of hydrogen-bond acceptors (Lipinski definition) is 1. The molecule has 1 heteroatoms. The zero-order valence-electron chi connectivity index (χ0n) is 11.2. The Kier molecular flexibility index (Phi) is 1.98. The van der Waals surface area contributed by atoms with Crippen molar-refractivity contribution in [2.75, 3.05) is 0 Å². The summed E-state index contributed by atoms with van der Waals surface area (Å²) in [7, 11) is 0. The number of hydrogen-bond donors (Lipinski definition) is 1. The van der Waals surface area contributed by atoms with E-state index in [4.69, 9.17) is 0 Å². The highest BCUT2D eigenvalue weighted by Gasteiger charge is 2.68. The molecule has 3 saturated carbocycles. The zero-order chi connectivity index (χ0) is 11.8. The molecule has 0 saturated heterocycles. The maximum absolute atomic E-state index is 10.5. The van der Waals surface area contributed by atoms with Crippen LogP contribution in [0.1, 0.15) is 59.8 Å². The molecule has 92 valence electrons. The molecule has 0 bridgehead atoms. The molecule has 3 rings (SSSR count). The molecule has 0 aromatic carbocycles. The third kappa shape index (κ3) is 1.21. The Bertz CT molecular complexity index is 317. The van der Waals surface area contributed by atoms with Crippen LogP contribution in [0.15, 0.2) is 0 Å². The van der Waals surface area contributed by atoms with E-state index in [1.165, 1.54) is 25.7 Å². The predicted molar refractivity (Wildman–Crippen MR) is 66.1 cm³/mol. The molecule has 0 radical (unpaired) electrons. The Labute approximate surface area is 99.6 Å². The predicted octanol–water partition coefficient (Wildman–Crippen LogP) is 3.61. The topological polar surface area (TPSA) is 20.2 Å². The molecular formula is C15H26O.